The van der Waals surface area contributed by atoms with E-state index >= 15 is 0 Å². The van der Waals surface area contributed by atoms with Crippen molar-refractivity contribution in [3.63, 3.8) is 0 Å². The molecule has 70 valence electrons. The van der Waals surface area contributed by atoms with Crippen LogP contribution in [0, 0.1) is 11.3 Å². The van der Waals surface area contributed by atoms with Gasteiger partial charge in [-0.2, -0.15) is 5.26 Å². The van der Waals surface area contributed by atoms with E-state index in [4.69, 9.17) is 0 Å². The molecule has 1 aromatic carbocycles. The van der Waals surface area contributed by atoms with Crippen LogP contribution in [0.2, 0.25) is 0 Å². The molecule has 14 heavy (non-hydrogen) atoms. The third-order valence-electron chi connectivity index (χ3n) is 3.58. The molecule has 0 aliphatic heterocycles. The van der Waals surface area contributed by atoms with Crippen LogP contribution >= 0.6 is 0 Å². The van der Waals surface area contributed by atoms with Crippen molar-refractivity contribution in [3.05, 3.63) is 33.9 Å². The standard InChI is InChI=1S/C13H13N/c14-8-13-11-5-1-3-9(11)7-10-4-2-6-12(10)13/h7H,1-6H2. The molecule has 0 saturated carbocycles. The number of nitrogens with zero attached hydrogens (tertiary/aromatic N) is 1. The van der Waals surface area contributed by atoms with E-state index in [0.717, 1.165) is 18.4 Å². The minimum atomic E-state index is 1.03. The minimum Gasteiger partial charge on any atom is -0.192 e. The van der Waals surface area contributed by atoms with E-state index in [1.54, 1.807) is 0 Å². The van der Waals surface area contributed by atoms with E-state index in [1.165, 1.54) is 47.9 Å². The molecule has 0 atom stereocenters. The summed E-state index contributed by atoms with van der Waals surface area (Å²) in [5.41, 5.74) is 6.69. The molecule has 2 aliphatic carbocycles. The summed E-state index contributed by atoms with van der Waals surface area (Å²) in [6, 6.07) is 4.79. The highest BCUT2D eigenvalue weighted by molar-refractivity contribution is 5.55. The molecule has 1 aromatic rings. The number of fused-ring (bicyclic) bond motifs is 2. The van der Waals surface area contributed by atoms with Gasteiger partial charge in [-0.3, -0.25) is 0 Å². The van der Waals surface area contributed by atoms with Gasteiger partial charge >= 0.3 is 0 Å². The van der Waals surface area contributed by atoms with Crippen molar-refractivity contribution in [2.24, 2.45) is 0 Å². The van der Waals surface area contributed by atoms with Gasteiger partial charge in [-0.1, -0.05) is 6.07 Å². The van der Waals surface area contributed by atoms with Crippen LogP contribution in [0.4, 0.5) is 0 Å². The van der Waals surface area contributed by atoms with Gasteiger partial charge in [0, 0.05) is 0 Å². The number of hydrogen-bond acceptors (Lipinski definition) is 1. The molecule has 0 amide bonds. The van der Waals surface area contributed by atoms with Crippen molar-refractivity contribution in [1.82, 2.24) is 0 Å². The lowest BCUT2D eigenvalue weighted by molar-refractivity contribution is 0.895. The van der Waals surface area contributed by atoms with E-state index < -0.39 is 0 Å². The second-order valence-electron chi connectivity index (χ2n) is 4.35. The summed E-state index contributed by atoms with van der Waals surface area (Å²) in [5, 5.41) is 9.22. The van der Waals surface area contributed by atoms with E-state index in [-0.39, 0.29) is 0 Å². The molecule has 1 nitrogen and oxygen atoms in total. The Morgan fingerprint density at radius 3 is 2.00 bits per heavy atom. The van der Waals surface area contributed by atoms with Crippen molar-refractivity contribution >= 4 is 0 Å². The van der Waals surface area contributed by atoms with Gasteiger partial charge in [-0.15, -0.1) is 0 Å². The summed E-state index contributed by atoms with van der Waals surface area (Å²) < 4.78 is 0. The molecule has 2 aliphatic rings. The Morgan fingerprint density at radius 1 is 0.929 bits per heavy atom. The highest BCUT2D eigenvalue weighted by Gasteiger charge is 2.23. The van der Waals surface area contributed by atoms with Crippen molar-refractivity contribution < 1.29 is 0 Å². The second kappa shape index (κ2) is 2.85. The Bertz CT molecular complexity index is 405. The lowest BCUT2D eigenvalue weighted by atomic mass is 9.95. The Morgan fingerprint density at radius 2 is 1.50 bits per heavy atom. The van der Waals surface area contributed by atoms with Crippen molar-refractivity contribution in [2.45, 2.75) is 38.5 Å². The zero-order chi connectivity index (χ0) is 9.54. The van der Waals surface area contributed by atoms with E-state index in [2.05, 4.69) is 12.1 Å². The fourth-order valence-corrected chi connectivity index (χ4v) is 2.95. The molecule has 0 fully saturated rings. The Hall–Kier alpha value is -1.29. The monoisotopic (exact) mass is 183 g/mol. The first-order valence-electron chi connectivity index (χ1n) is 5.47. The Kier molecular flexibility index (Phi) is 1.64. The van der Waals surface area contributed by atoms with E-state index in [1.807, 2.05) is 0 Å². The predicted molar refractivity (Wildman–Crippen MR) is 55.2 cm³/mol. The van der Waals surface area contributed by atoms with Crippen LogP contribution in [0.1, 0.15) is 40.7 Å². The third-order valence-corrected chi connectivity index (χ3v) is 3.58. The lowest BCUT2D eigenvalue weighted by Crippen LogP contribution is -1.96. The summed E-state index contributed by atoms with van der Waals surface area (Å²) in [5.74, 6) is 0. The molecule has 0 saturated heterocycles. The van der Waals surface area contributed by atoms with Gasteiger partial charge in [0.2, 0.25) is 0 Å². The first-order valence-corrected chi connectivity index (χ1v) is 5.47. The van der Waals surface area contributed by atoms with Crippen molar-refractivity contribution in [2.75, 3.05) is 0 Å². The quantitative estimate of drug-likeness (QED) is 0.606. The predicted octanol–water partition coefficient (Wildman–Crippen LogP) is 2.54. The molecule has 1 heteroatoms. The normalized spacial score (nSPS) is 17.6. The van der Waals surface area contributed by atoms with Crippen LogP contribution in [0.25, 0.3) is 0 Å². The lowest BCUT2D eigenvalue weighted by Gasteiger charge is -2.08. The molecule has 0 aromatic heterocycles. The molecule has 0 spiro atoms. The molecule has 0 radical (unpaired) electrons. The van der Waals surface area contributed by atoms with Gasteiger partial charge in [0.1, 0.15) is 0 Å². The van der Waals surface area contributed by atoms with Gasteiger partial charge in [0.15, 0.2) is 0 Å². The van der Waals surface area contributed by atoms with Crippen LogP contribution in [0.3, 0.4) is 0 Å². The van der Waals surface area contributed by atoms with Crippen LogP contribution < -0.4 is 0 Å². The summed E-state index contributed by atoms with van der Waals surface area (Å²) in [7, 11) is 0. The van der Waals surface area contributed by atoms with Crippen LogP contribution in [-0.2, 0) is 25.7 Å². The smallest absolute Gasteiger partial charge is 0.0997 e. The maximum absolute atomic E-state index is 9.22. The SMILES string of the molecule is N#Cc1c2c(cc3c1CCC3)CCC2. The Balaban J connectivity index is 2.30. The molecular weight excluding hydrogens is 170 g/mol. The molecular formula is C13H13N. The van der Waals surface area contributed by atoms with E-state index in [9.17, 15) is 5.26 Å². The van der Waals surface area contributed by atoms with Gasteiger partial charge in [-0.25, -0.2) is 0 Å². The van der Waals surface area contributed by atoms with Gasteiger partial charge < -0.3 is 0 Å². The first kappa shape index (κ1) is 8.05. The zero-order valence-corrected chi connectivity index (χ0v) is 8.27. The molecule has 3 rings (SSSR count). The fraction of sp³-hybridized carbons (Fsp3) is 0.462. The number of hydrogen-bond donors (Lipinski definition) is 0. The molecule has 0 heterocycles. The largest absolute Gasteiger partial charge is 0.192 e. The number of benzene rings is 1. The van der Waals surface area contributed by atoms with Crippen molar-refractivity contribution in [1.29, 1.82) is 5.26 Å². The topological polar surface area (TPSA) is 23.8 Å². The second-order valence-corrected chi connectivity index (χ2v) is 4.35. The summed E-state index contributed by atoms with van der Waals surface area (Å²) in [4.78, 5) is 0. The zero-order valence-electron chi connectivity index (χ0n) is 8.27. The number of nitriles is 1. The van der Waals surface area contributed by atoms with Gasteiger partial charge in [-0.05, 0) is 60.8 Å². The summed E-state index contributed by atoms with van der Waals surface area (Å²) >= 11 is 0. The van der Waals surface area contributed by atoms with Crippen LogP contribution in [0.15, 0.2) is 6.07 Å². The van der Waals surface area contributed by atoms with E-state index in [0.29, 0.717) is 0 Å². The molecule has 0 bridgehead atoms. The first-order chi connectivity index (χ1) is 6.90. The summed E-state index contributed by atoms with van der Waals surface area (Å²) in [6.45, 7) is 0. The fourth-order valence-electron chi connectivity index (χ4n) is 2.95. The van der Waals surface area contributed by atoms with Crippen LogP contribution in [0.5, 0.6) is 0 Å². The third kappa shape index (κ3) is 0.944. The number of rotatable bonds is 0. The highest BCUT2D eigenvalue weighted by atomic mass is 14.3. The maximum Gasteiger partial charge on any atom is 0.0997 e. The van der Waals surface area contributed by atoms with Gasteiger partial charge in [0.25, 0.3) is 0 Å². The van der Waals surface area contributed by atoms with Crippen molar-refractivity contribution in [3.8, 4) is 6.07 Å². The molecule has 0 unspecified atom stereocenters. The van der Waals surface area contributed by atoms with Crippen LogP contribution in [-0.4, -0.2) is 0 Å². The average Bonchev–Trinajstić information content (AvgIpc) is 2.80. The average molecular weight is 183 g/mol. The summed E-state index contributed by atoms with van der Waals surface area (Å²) in [6.07, 6.45) is 7.13. The maximum atomic E-state index is 9.22. The highest BCUT2D eigenvalue weighted by Crippen LogP contribution is 2.34. The van der Waals surface area contributed by atoms with Gasteiger partial charge in [0.05, 0.1) is 11.6 Å². The molecule has 0 N–H and O–H groups in total. The Labute approximate surface area is 84.4 Å². The minimum absolute atomic E-state index is 1.03. The number of aryl methyl sites for hydroxylation is 2.